The Labute approximate surface area is 158 Å². The van der Waals surface area contributed by atoms with Gasteiger partial charge in [-0.3, -0.25) is 4.79 Å². The lowest BCUT2D eigenvalue weighted by molar-refractivity contribution is -0.126. The van der Waals surface area contributed by atoms with E-state index in [0.717, 1.165) is 29.9 Å². The van der Waals surface area contributed by atoms with Crippen molar-refractivity contribution in [3.05, 3.63) is 71.8 Å². The number of rotatable bonds is 7. The molecule has 0 bridgehead atoms. The largest absolute Gasteiger partial charge is 0.345 e. The van der Waals surface area contributed by atoms with Gasteiger partial charge in [-0.1, -0.05) is 86.8 Å². The van der Waals surface area contributed by atoms with Crippen molar-refractivity contribution in [3.8, 4) is 0 Å². The molecule has 1 amide bonds. The van der Waals surface area contributed by atoms with Crippen molar-refractivity contribution in [2.45, 2.75) is 57.9 Å². The van der Waals surface area contributed by atoms with E-state index in [1.54, 1.807) is 0 Å². The van der Waals surface area contributed by atoms with Gasteiger partial charge in [0.2, 0.25) is 5.91 Å². The predicted molar refractivity (Wildman–Crippen MR) is 108 cm³/mol. The van der Waals surface area contributed by atoms with Gasteiger partial charge in [0.25, 0.3) is 0 Å². The van der Waals surface area contributed by atoms with Crippen LogP contribution >= 0.6 is 0 Å². The minimum atomic E-state index is -0.0669. The van der Waals surface area contributed by atoms with Crippen LogP contribution in [0.1, 0.15) is 69.0 Å². The molecule has 0 atom stereocenters. The first-order valence-corrected chi connectivity index (χ1v) is 10.2. The molecule has 2 nitrogen and oxygen atoms in total. The number of carbonyl (C=O) groups excluding carboxylic acids is 1. The van der Waals surface area contributed by atoms with Crippen LogP contribution in [-0.4, -0.2) is 5.91 Å². The second kappa shape index (κ2) is 9.56. The number of benzene rings is 2. The van der Waals surface area contributed by atoms with Crippen molar-refractivity contribution in [2.75, 3.05) is 0 Å². The second-order valence-corrected chi connectivity index (χ2v) is 7.62. The monoisotopic (exact) mass is 349 g/mol. The van der Waals surface area contributed by atoms with Crippen LogP contribution < -0.4 is 5.32 Å². The molecule has 2 aromatic carbocycles. The molecule has 0 saturated heterocycles. The third-order valence-electron chi connectivity index (χ3n) is 5.74. The summed E-state index contributed by atoms with van der Waals surface area (Å²) in [5.74, 6) is 1.22. The van der Waals surface area contributed by atoms with Gasteiger partial charge < -0.3 is 5.32 Å². The lowest BCUT2D eigenvalue weighted by atomic mass is 9.79. The van der Waals surface area contributed by atoms with Crippen molar-refractivity contribution in [3.63, 3.8) is 0 Å². The average Bonchev–Trinajstić information content (AvgIpc) is 2.72. The lowest BCUT2D eigenvalue weighted by Gasteiger charge is -2.29. The van der Waals surface area contributed by atoms with Gasteiger partial charge in [0, 0.05) is 5.92 Å². The standard InChI is InChI=1S/C24H31NO/c1-2-3-10-19-15-17-22(18-16-19)24(26)25-23(20-11-6-4-7-12-20)21-13-8-5-9-14-21/h4-9,11-14,19,22-23H,2-3,10,15-18H2,1H3,(H,25,26). The molecule has 26 heavy (non-hydrogen) atoms. The summed E-state index contributed by atoms with van der Waals surface area (Å²) in [4.78, 5) is 13.0. The molecule has 1 N–H and O–H groups in total. The molecule has 0 heterocycles. The molecule has 2 aromatic rings. The van der Waals surface area contributed by atoms with E-state index in [0.29, 0.717) is 0 Å². The molecule has 138 valence electrons. The van der Waals surface area contributed by atoms with Crippen molar-refractivity contribution in [1.82, 2.24) is 5.32 Å². The molecule has 1 aliphatic rings. The Morgan fingerprint density at radius 1 is 0.923 bits per heavy atom. The van der Waals surface area contributed by atoms with Gasteiger partial charge in [0.15, 0.2) is 0 Å². The van der Waals surface area contributed by atoms with E-state index in [4.69, 9.17) is 0 Å². The molecule has 0 aromatic heterocycles. The van der Waals surface area contributed by atoms with E-state index < -0.39 is 0 Å². The van der Waals surface area contributed by atoms with Crippen LogP contribution in [0.25, 0.3) is 0 Å². The molecule has 0 aliphatic heterocycles. The van der Waals surface area contributed by atoms with Crippen LogP contribution in [0.4, 0.5) is 0 Å². The normalized spacial score (nSPS) is 20.1. The molecule has 0 radical (unpaired) electrons. The third kappa shape index (κ3) is 4.97. The van der Waals surface area contributed by atoms with E-state index >= 15 is 0 Å². The Kier molecular flexibility index (Phi) is 6.88. The van der Waals surface area contributed by atoms with E-state index in [2.05, 4.69) is 36.5 Å². The van der Waals surface area contributed by atoms with Gasteiger partial charge in [0.05, 0.1) is 6.04 Å². The zero-order valence-electron chi connectivity index (χ0n) is 15.9. The Morgan fingerprint density at radius 2 is 1.46 bits per heavy atom. The van der Waals surface area contributed by atoms with E-state index in [1.807, 2.05) is 36.4 Å². The average molecular weight is 350 g/mol. The smallest absolute Gasteiger partial charge is 0.223 e. The fraction of sp³-hybridized carbons (Fsp3) is 0.458. The van der Waals surface area contributed by atoms with Crippen LogP contribution in [0, 0.1) is 11.8 Å². The Hall–Kier alpha value is -2.09. The highest BCUT2D eigenvalue weighted by Crippen LogP contribution is 2.33. The zero-order chi connectivity index (χ0) is 18.2. The lowest BCUT2D eigenvalue weighted by Crippen LogP contribution is -2.36. The van der Waals surface area contributed by atoms with E-state index in [1.165, 1.54) is 32.1 Å². The van der Waals surface area contributed by atoms with Gasteiger partial charge in [0.1, 0.15) is 0 Å². The molecule has 0 spiro atoms. The Morgan fingerprint density at radius 3 is 1.96 bits per heavy atom. The Bertz CT molecular complexity index is 620. The van der Waals surface area contributed by atoms with Crippen LogP contribution in [0.2, 0.25) is 0 Å². The number of hydrogen-bond donors (Lipinski definition) is 1. The number of amides is 1. The molecule has 0 unspecified atom stereocenters. The molecule has 1 saturated carbocycles. The minimum Gasteiger partial charge on any atom is -0.345 e. The second-order valence-electron chi connectivity index (χ2n) is 7.62. The van der Waals surface area contributed by atoms with Gasteiger partial charge >= 0.3 is 0 Å². The summed E-state index contributed by atoms with van der Waals surface area (Å²) in [5, 5.41) is 3.34. The summed E-state index contributed by atoms with van der Waals surface area (Å²) < 4.78 is 0. The first kappa shape index (κ1) is 18.7. The fourth-order valence-electron chi connectivity index (χ4n) is 4.12. The highest BCUT2D eigenvalue weighted by atomic mass is 16.1. The molecule has 3 rings (SSSR count). The topological polar surface area (TPSA) is 29.1 Å². The van der Waals surface area contributed by atoms with Gasteiger partial charge in [-0.2, -0.15) is 0 Å². The van der Waals surface area contributed by atoms with Gasteiger partial charge in [-0.05, 0) is 42.7 Å². The zero-order valence-corrected chi connectivity index (χ0v) is 15.9. The fourth-order valence-corrected chi connectivity index (χ4v) is 4.12. The van der Waals surface area contributed by atoms with Crippen LogP contribution in [-0.2, 0) is 4.79 Å². The highest BCUT2D eigenvalue weighted by Gasteiger charge is 2.28. The first-order valence-electron chi connectivity index (χ1n) is 10.2. The number of nitrogens with one attached hydrogen (secondary N) is 1. The molecule has 2 heteroatoms. The van der Waals surface area contributed by atoms with Gasteiger partial charge in [-0.25, -0.2) is 0 Å². The molecule has 1 fully saturated rings. The number of hydrogen-bond acceptors (Lipinski definition) is 1. The molecule has 1 aliphatic carbocycles. The maximum absolute atomic E-state index is 13.0. The quantitative estimate of drug-likeness (QED) is 0.663. The van der Waals surface area contributed by atoms with Crippen LogP contribution in [0.3, 0.4) is 0 Å². The Balaban J connectivity index is 1.65. The summed E-state index contributed by atoms with van der Waals surface area (Å²) >= 11 is 0. The van der Waals surface area contributed by atoms with E-state index in [9.17, 15) is 4.79 Å². The summed E-state index contributed by atoms with van der Waals surface area (Å²) in [6.45, 7) is 2.26. The third-order valence-corrected chi connectivity index (χ3v) is 5.74. The van der Waals surface area contributed by atoms with E-state index in [-0.39, 0.29) is 17.9 Å². The summed E-state index contributed by atoms with van der Waals surface area (Å²) in [5.41, 5.74) is 2.28. The first-order chi connectivity index (χ1) is 12.8. The maximum Gasteiger partial charge on any atom is 0.223 e. The van der Waals surface area contributed by atoms with Gasteiger partial charge in [-0.15, -0.1) is 0 Å². The van der Waals surface area contributed by atoms with Crippen molar-refractivity contribution in [2.24, 2.45) is 11.8 Å². The summed E-state index contributed by atoms with van der Waals surface area (Å²) in [6, 6.07) is 20.5. The number of unbranched alkanes of at least 4 members (excludes halogenated alkanes) is 1. The molecular weight excluding hydrogens is 318 g/mol. The van der Waals surface area contributed by atoms with Crippen molar-refractivity contribution < 1.29 is 4.79 Å². The SMILES string of the molecule is CCCCC1CCC(C(=O)NC(c2ccccc2)c2ccccc2)CC1. The van der Waals surface area contributed by atoms with Crippen molar-refractivity contribution in [1.29, 1.82) is 0 Å². The van der Waals surface area contributed by atoms with Crippen LogP contribution in [0.5, 0.6) is 0 Å². The maximum atomic E-state index is 13.0. The number of carbonyl (C=O) groups is 1. The summed E-state index contributed by atoms with van der Waals surface area (Å²) in [7, 11) is 0. The minimum absolute atomic E-state index is 0.0669. The predicted octanol–water partition coefficient (Wildman–Crippen LogP) is 5.89. The van der Waals surface area contributed by atoms with Crippen molar-refractivity contribution >= 4 is 5.91 Å². The van der Waals surface area contributed by atoms with Crippen LogP contribution in [0.15, 0.2) is 60.7 Å². The molecular formula is C24H31NO. The highest BCUT2D eigenvalue weighted by molar-refractivity contribution is 5.79. The summed E-state index contributed by atoms with van der Waals surface area (Å²) in [6.07, 6.45) is 8.43.